The monoisotopic (exact) mass is 386 g/mol. The van der Waals surface area contributed by atoms with Crippen LogP contribution in [0.3, 0.4) is 0 Å². The van der Waals surface area contributed by atoms with Crippen molar-refractivity contribution in [1.82, 2.24) is 10.2 Å². The third-order valence-electron chi connectivity index (χ3n) is 2.43. The first kappa shape index (κ1) is 14.2. The Hall–Kier alpha value is -1.71. The van der Waals surface area contributed by atoms with E-state index in [1.54, 1.807) is 11.4 Å². The SMILES string of the molecule is O=C(O)c1sccc1OCc1nnc(-c2ccc(Br)s2)o1. The van der Waals surface area contributed by atoms with E-state index in [1.165, 1.54) is 11.3 Å². The number of hydrogen-bond donors (Lipinski definition) is 1. The Morgan fingerprint density at radius 3 is 2.95 bits per heavy atom. The number of rotatable bonds is 5. The summed E-state index contributed by atoms with van der Waals surface area (Å²) in [6, 6.07) is 5.36. The first-order valence-electron chi connectivity index (χ1n) is 5.65. The molecular formula is C12H7BrN2O4S2. The van der Waals surface area contributed by atoms with Crippen LogP contribution >= 0.6 is 38.6 Å². The van der Waals surface area contributed by atoms with Crippen molar-refractivity contribution in [2.45, 2.75) is 6.61 Å². The molecule has 0 unspecified atom stereocenters. The molecule has 0 saturated heterocycles. The zero-order valence-electron chi connectivity index (χ0n) is 10.3. The summed E-state index contributed by atoms with van der Waals surface area (Å²) in [6.45, 7) is 0.0244. The first-order chi connectivity index (χ1) is 10.1. The van der Waals surface area contributed by atoms with Gasteiger partial charge in [-0.3, -0.25) is 0 Å². The zero-order valence-corrected chi connectivity index (χ0v) is 13.5. The van der Waals surface area contributed by atoms with Crippen molar-refractivity contribution in [2.75, 3.05) is 0 Å². The van der Waals surface area contributed by atoms with Crippen molar-refractivity contribution >= 4 is 44.6 Å². The molecule has 6 nitrogen and oxygen atoms in total. The lowest BCUT2D eigenvalue weighted by atomic mass is 10.4. The molecule has 0 aliphatic heterocycles. The minimum atomic E-state index is -1.02. The quantitative estimate of drug-likeness (QED) is 0.715. The number of aromatic carboxylic acids is 1. The lowest BCUT2D eigenvalue weighted by Gasteiger charge is -2.01. The molecule has 9 heteroatoms. The van der Waals surface area contributed by atoms with E-state index in [0.717, 1.165) is 20.0 Å². The number of aromatic nitrogens is 2. The Morgan fingerprint density at radius 2 is 2.24 bits per heavy atom. The largest absolute Gasteiger partial charge is 0.482 e. The Morgan fingerprint density at radius 1 is 1.38 bits per heavy atom. The van der Waals surface area contributed by atoms with Gasteiger partial charge in [0.1, 0.15) is 5.75 Å². The molecular weight excluding hydrogens is 380 g/mol. The minimum absolute atomic E-state index is 0.0244. The van der Waals surface area contributed by atoms with Gasteiger partial charge in [-0.2, -0.15) is 0 Å². The van der Waals surface area contributed by atoms with Crippen molar-refractivity contribution in [3.63, 3.8) is 0 Å². The number of carboxylic acids is 1. The fourth-order valence-electron chi connectivity index (χ4n) is 1.55. The van der Waals surface area contributed by atoms with Gasteiger partial charge in [-0.1, -0.05) is 0 Å². The van der Waals surface area contributed by atoms with Gasteiger partial charge in [0.2, 0.25) is 0 Å². The van der Waals surface area contributed by atoms with Crippen LogP contribution in [0, 0.1) is 0 Å². The van der Waals surface area contributed by atoms with Crippen LogP contribution in [0.25, 0.3) is 10.8 Å². The maximum atomic E-state index is 11.0. The summed E-state index contributed by atoms with van der Waals surface area (Å²) in [6.07, 6.45) is 0. The maximum Gasteiger partial charge on any atom is 0.349 e. The standard InChI is InChI=1S/C12H7BrN2O4S2/c13-8-2-1-7(21-8)11-15-14-9(19-11)5-18-6-3-4-20-10(6)12(16)17/h1-4H,5H2,(H,16,17). The molecule has 0 amide bonds. The number of thiophene rings is 2. The minimum Gasteiger partial charge on any atom is -0.482 e. The summed E-state index contributed by atoms with van der Waals surface area (Å²) in [5.74, 6) is -0.0223. The first-order valence-corrected chi connectivity index (χ1v) is 8.14. The summed E-state index contributed by atoms with van der Waals surface area (Å²) >= 11 is 5.95. The topological polar surface area (TPSA) is 85.5 Å². The second-order valence-electron chi connectivity index (χ2n) is 3.81. The van der Waals surface area contributed by atoms with Crippen LogP contribution in [-0.2, 0) is 6.61 Å². The highest BCUT2D eigenvalue weighted by Gasteiger charge is 2.15. The maximum absolute atomic E-state index is 11.0. The van der Waals surface area contributed by atoms with Crippen molar-refractivity contribution < 1.29 is 19.1 Å². The Balaban J connectivity index is 1.70. The predicted octanol–water partition coefficient (Wildman–Crippen LogP) is 3.90. The van der Waals surface area contributed by atoms with Crippen molar-refractivity contribution in [2.24, 2.45) is 0 Å². The van der Waals surface area contributed by atoms with Gasteiger partial charge in [0.15, 0.2) is 11.5 Å². The van der Waals surface area contributed by atoms with E-state index in [-0.39, 0.29) is 17.4 Å². The molecule has 3 aromatic rings. The third-order valence-corrected chi connectivity index (χ3v) is 4.92. The van der Waals surface area contributed by atoms with E-state index in [2.05, 4.69) is 26.1 Å². The van der Waals surface area contributed by atoms with Gasteiger partial charge in [-0.05, 0) is 39.5 Å². The van der Waals surface area contributed by atoms with Crippen molar-refractivity contribution in [3.05, 3.63) is 38.1 Å². The highest BCUT2D eigenvalue weighted by molar-refractivity contribution is 9.11. The van der Waals surface area contributed by atoms with E-state index < -0.39 is 5.97 Å². The Labute approximate surface area is 135 Å². The Bertz CT molecular complexity index is 780. The molecule has 108 valence electrons. The second-order valence-corrected chi connectivity index (χ2v) is 7.19. The summed E-state index contributed by atoms with van der Waals surface area (Å²) in [4.78, 5) is 12.0. The molecule has 0 spiro atoms. The van der Waals surface area contributed by atoms with E-state index in [0.29, 0.717) is 11.6 Å². The summed E-state index contributed by atoms with van der Waals surface area (Å²) in [5.41, 5.74) is 0. The number of halogens is 1. The number of nitrogens with zero attached hydrogens (tertiary/aromatic N) is 2. The molecule has 0 aliphatic rings. The fourth-order valence-corrected chi connectivity index (χ4v) is 3.53. The lowest BCUT2D eigenvalue weighted by molar-refractivity contribution is 0.0697. The number of ether oxygens (including phenoxy) is 1. The van der Waals surface area contributed by atoms with E-state index in [1.807, 2.05) is 12.1 Å². The second kappa shape index (κ2) is 5.96. The normalized spacial score (nSPS) is 10.7. The zero-order chi connectivity index (χ0) is 14.8. The summed E-state index contributed by atoms with van der Waals surface area (Å²) in [5, 5.41) is 18.5. The van der Waals surface area contributed by atoms with Gasteiger partial charge in [0.25, 0.3) is 11.8 Å². The van der Waals surface area contributed by atoms with Crippen LogP contribution in [-0.4, -0.2) is 21.3 Å². The molecule has 0 bridgehead atoms. The number of carbonyl (C=O) groups is 1. The van der Waals surface area contributed by atoms with Gasteiger partial charge >= 0.3 is 5.97 Å². The van der Waals surface area contributed by atoms with E-state index in [9.17, 15) is 4.79 Å². The average Bonchev–Trinajstić information content (AvgIpc) is 3.15. The molecule has 0 atom stereocenters. The van der Waals surface area contributed by atoms with E-state index >= 15 is 0 Å². The Kier molecular flexibility index (Phi) is 4.04. The average molecular weight is 387 g/mol. The van der Waals surface area contributed by atoms with Gasteiger partial charge in [0, 0.05) is 0 Å². The fraction of sp³-hybridized carbons (Fsp3) is 0.0833. The highest BCUT2D eigenvalue weighted by Crippen LogP contribution is 2.30. The third kappa shape index (κ3) is 3.14. The summed E-state index contributed by atoms with van der Waals surface area (Å²) in [7, 11) is 0. The molecule has 3 rings (SSSR count). The van der Waals surface area contributed by atoms with Crippen LogP contribution in [0.2, 0.25) is 0 Å². The molecule has 21 heavy (non-hydrogen) atoms. The van der Waals surface area contributed by atoms with E-state index in [4.69, 9.17) is 14.3 Å². The predicted molar refractivity (Wildman–Crippen MR) is 80.9 cm³/mol. The van der Waals surface area contributed by atoms with Gasteiger partial charge < -0.3 is 14.3 Å². The molecule has 3 heterocycles. The molecule has 0 radical (unpaired) electrons. The van der Waals surface area contributed by atoms with Gasteiger partial charge in [0.05, 0.1) is 8.66 Å². The van der Waals surface area contributed by atoms with Gasteiger partial charge in [-0.25, -0.2) is 4.79 Å². The van der Waals surface area contributed by atoms with Crippen molar-refractivity contribution in [1.29, 1.82) is 0 Å². The van der Waals surface area contributed by atoms with Crippen LogP contribution in [0.4, 0.5) is 0 Å². The number of carboxylic acid groups (broad SMARTS) is 1. The molecule has 0 aliphatic carbocycles. The van der Waals surface area contributed by atoms with Gasteiger partial charge in [-0.15, -0.1) is 32.9 Å². The molecule has 1 N–H and O–H groups in total. The molecule has 0 fully saturated rings. The molecule has 0 aromatic carbocycles. The lowest BCUT2D eigenvalue weighted by Crippen LogP contribution is -2.00. The summed E-state index contributed by atoms with van der Waals surface area (Å²) < 4.78 is 11.9. The number of hydrogen-bond acceptors (Lipinski definition) is 7. The molecule has 3 aromatic heterocycles. The smallest absolute Gasteiger partial charge is 0.349 e. The highest BCUT2D eigenvalue weighted by atomic mass is 79.9. The molecule has 0 saturated carbocycles. The van der Waals surface area contributed by atoms with Crippen molar-refractivity contribution in [3.8, 4) is 16.5 Å². The van der Waals surface area contributed by atoms with Crippen LogP contribution < -0.4 is 4.74 Å². The van der Waals surface area contributed by atoms with Crippen LogP contribution in [0.1, 0.15) is 15.6 Å². The van der Waals surface area contributed by atoms with Crippen LogP contribution in [0.5, 0.6) is 5.75 Å². The van der Waals surface area contributed by atoms with Crippen LogP contribution in [0.15, 0.2) is 31.8 Å².